The van der Waals surface area contributed by atoms with Gasteiger partial charge in [0, 0.05) is 18.3 Å². The van der Waals surface area contributed by atoms with Crippen LogP contribution in [0.1, 0.15) is 36.7 Å². The molecule has 0 fully saturated rings. The van der Waals surface area contributed by atoms with Gasteiger partial charge < -0.3 is 14.6 Å². The summed E-state index contributed by atoms with van der Waals surface area (Å²) in [6.45, 7) is 10.3. The number of hydrogen-bond donors (Lipinski definition) is 1. The molecule has 0 aliphatic rings. The van der Waals surface area contributed by atoms with Crippen LogP contribution < -0.4 is 10.1 Å². The number of aryl methyl sites for hydroxylation is 2. The summed E-state index contributed by atoms with van der Waals surface area (Å²) in [5.74, 6) is 2.11. The minimum atomic E-state index is 0.364. The van der Waals surface area contributed by atoms with Crippen LogP contribution in [-0.4, -0.2) is 16.7 Å². The molecule has 0 atom stereocenters. The van der Waals surface area contributed by atoms with Gasteiger partial charge in [0.15, 0.2) is 5.76 Å². The Morgan fingerprint density at radius 2 is 2.05 bits per heavy atom. The lowest BCUT2D eigenvalue weighted by atomic mass is 10.2. The molecule has 0 saturated heterocycles. The summed E-state index contributed by atoms with van der Waals surface area (Å²) < 4.78 is 11.0. The number of aromatic nitrogens is 2. The normalized spacial score (nSPS) is 11.1. The third-order valence-corrected chi connectivity index (χ3v) is 2.96. The second kappa shape index (κ2) is 7.22. The summed E-state index contributed by atoms with van der Waals surface area (Å²) in [5, 5.41) is 7.24. The molecule has 0 aliphatic heterocycles. The molecule has 5 nitrogen and oxygen atoms in total. The first-order valence-electron chi connectivity index (χ1n) is 7.27. The molecule has 2 aromatic rings. The van der Waals surface area contributed by atoms with Crippen molar-refractivity contribution >= 4 is 0 Å². The lowest BCUT2D eigenvalue weighted by molar-refractivity contribution is 0.245. The van der Waals surface area contributed by atoms with E-state index in [1.807, 2.05) is 32.0 Å². The van der Waals surface area contributed by atoms with Gasteiger partial charge in [-0.1, -0.05) is 19.0 Å². The highest BCUT2D eigenvalue weighted by atomic mass is 16.5. The van der Waals surface area contributed by atoms with Gasteiger partial charge in [0.2, 0.25) is 0 Å². The van der Waals surface area contributed by atoms with Gasteiger partial charge in [-0.15, -0.1) is 0 Å². The van der Waals surface area contributed by atoms with Crippen LogP contribution in [0.4, 0.5) is 0 Å². The molecule has 0 spiro atoms. The van der Waals surface area contributed by atoms with E-state index in [9.17, 15) is 0 Å². The Bertz CT molecular complexity index is 579. The van der Waals surface area contributed by atoms with Gasteiger partial charge in [-0.25, -0.2) is 0 Å². The smallest absolute Gasteiger partial charge is 0.174 e. The average Bonchev–Trinajstić information content (AvgIpc) is 2.83. The second-order valence-electron chi connectivity index (χ2n) is 5.65. The van der Waals surface area contributed by atoms with Crippen LogP contribution in [0.15, 0.2) is 22.7 Å². The van der Waals surface area contributed by atoms with Gasteiger partial charge in [0.25, 0.3) is 0 Å². The lowest BCUT2D eigenvalue weighted by Gasteiger charge is -2.12. The first-order chi connectivity index (χ1) is 10.0. The molecule has 0 bridgehead atoms. The highest BCUT2D eigenvalue weighted by molar-refractivity contribution is 5.29. The summed E-state index contributed by atoms with van der Waals surface area (Å²) in [6.07, 6.45) is 0. The average molecular weight is 289 g/mol. The summed E-state index contributed by atoms with van der Waals surface area (Å²) in [7, 11) is 0. The third kappa shape index (κ3) is 4.86. The molecule has 0 radical (unpaired) electrons. The number of hydrogen-bond acceptors (Lipinski definition) is 5. The van der Waals surface area contributed by atoms with E-state index in [4.69, 9.17) is 9.26 Å². The predicted molar refractivity (Wildman–Crippen MR) is 81.1 cm³/mol. The maximum atomic E-state index is 5.81. The Morgan fingerprint density at radius 3 is 2.71 bits per heavy atom. The molecule has 21 heavy (non-hydrogen) atoms. The van der Waals surface area contributed by atoms with E-state index < -0.39 is 0 Å². The molecule has 2 heterocycles. The van der Waals surface area contributed by atoms with E-state index in [2.05, 4.69) is 29.3 Å². The van der Waals surface area contributed by atoms with E-state index in [-0.39, 0.29) is 0 Å². The van der Waals surface area contributed by atoms with Crippen LogP contribution in [-0.2, 0) is 13.2 Å². The Balaban J connectivity index is 2.00. The molecule has 2 aromatic heterocycles. The molecule has 114 valence electrons. The standard InChI is InChI=1S/C16H23N3O2/c1-11(2)8-17-9-15-16(6-5-12(3)18-15)20-10-14-7-13(4)19-21-14/h5-7,11,17H,8-10H2,1-4H3. The molecule has 2 rings (SSSR count). The van der Waals surface area contributed by atoms with Crippen LogP contribution in [0.5, 0.6) is 5.75 Å². The summed E-state index contributed by atoms with van der Waals surface area (Å²) >= 11 is 0. The summed E-state index contributed by atoms with van der Waals surface area (Å²) in [4.78, 5) is 4.55. The number of nitrogens with zero attached hydrogens (tertiary/aromatic N) is 2. The fourth-order valence-electron chi connectivity index (χ4n) is 1.97. The van der Waals surface area contributed by atoms with Gasteiger partial charge in [0.05, 0.1) is 11.4 Å². The van der Waals surface area contributed by atoms with Crippen LogP contribution >= 0.6 is 0 Å². The highest BCUT2D eigenvalue weighted by Crippen LogP contribution is 2.18. The lowest BCUT2D eigenvalue weighted by Crippen LogP contribution is -2.20. The van der Waals surface area contributed by atoms with Crippen molar-refractivity contribution in [2.75, 3.05) is 6.54 Å². The van der Waals surface area contributed by atoms with E-state index in [0.717, 1.165) is 29.4 Å². The third-order valence-electron chi connectivity index (χ3n) is 2.96. The molecule has 0 amide bonds. The van der Waals surface area contributed by atoms with Gasteiger partial charge >= 0.3 is 0 Å². The SMILES string of the molecule is Cc1cc(COc2ccc(C)nc2CNCC(C)C)on1. The summed E-state index contributed by atoms with van der Waals surface area (Å²) in [5.41, 5.74) is 2.76. The molecule has 5 heteroatoms. The van der Waals surface area contributed by atoms with E-state index >= 15 is 0 Å². The minimum absolute atomic E-state index is 0.364. The number of nitrogens with one attached hydrogen (secondary N) is 1. The van der Waals surface area contributed by atoms with Crippen LogP contribution in [0.2, 0.25) is 0 Å². The van der Waals surface area contributed by atoms with Crippen molar-refractivity contribution in [3.05, 3.63) is 41.0 Å². The van der Waals surface area contributed by atoms with Crippen LogP contribution in [0.3, 0.4) is 0 Å². The highest BCUT2D eigenvalue weighted by Gasteiger charge is 2.08. The second-order valence-corrected chi connectivity index (χ2v) is 5.65. The van der Waals surface area contributed by atoms with Gasteiger partial charge in [-0.2, -0.15) is 0 Å². The van der Waals surface area contributed by atoms with Crippen molar-refractivity contribution in [3.63, 3.8) is 0 Å². The zero-order chi connectivity index (χ0) is 15.2. The predicted octanol–water partition coefficient (Wildman–Crippen LogP) is 3.01. The molecule has 0 aromatic carbocycles. The van der Waals surface area contributed by atoms with Crippen molar-refractivity contribution < 1.29 is 9.26 Å². The van der Waals surface area contributed by atoms with Crippen molar-refractivity contribution in [1.82, 2.24) is 15.5 Å². The fraction of sp³-hybridized carbons (Fsp3) is 0.500. The molecule has 0 saturated carbocycles. The minimum Gasteiger partial charge on any atom is -0.484 e. The zero-order valence-electron chi connectivity index (χ0n) is 13.1. The van der Waals surface area contributed by atoms with Gasteiger partial charge in [-0.3, -0.25) is 4.98 Å². The van der Waals surface area contributed by atoms with Crippen LogP contribution in [0.25, 0.3) is 0 Å². The first-order valence-corrected chi connectivity index (χ1v) is 7.27. The Labute approximate surface area is 125 Å². The van der Waals surface area contributed by atoms with E-state index in [1.54, 1.807) is 0 Å². The number of rotatable bonds is 7. The molecule has 0 unspecified atom stereocenters. The zero-order valence-corrected chi connectivity index (χ0v) is 13.1. The Kier molecular flexibility index (Phi) is 5.33. The van der Waals surface area contributed by atoms with Crippen LogP contribution in [0, 0.1) is 19.8 Å². The van der Waals surface area contributed by atoms with Crippen molar-refractivity contribution in [1.29, 1.82) is 0 Å². The van der Waals surface area contributed by atoms with Crippen molar-refractivity contribution in [2.24, 2.45) is 5.92 Å². The topological polar surface area (TPSA) is 60.2 Å². The monoisotopic (exact) mass is 289 g/mol. The molecule has 0 aliphatic carbocycles. The Morgan fingerprint density at radius 1 is 1.24 bits per heavy atom. The van der Waals surface area contributed by atoms with Gasteiger partial charge in [0.1, 0.15) is 12.4 Å². The quantitative estimate of drug-likeness (QED) is 0.849. The fourth-order valence-corrected chi connectivity index (χ4v) is 1.97. The van der Waals surface area contributed by atoms with Crippen molar-refractivity contribution in [2.45, 2.75) is 40.8 Å². The first kappa shape index (κ1) is 15.5. The summed E-state index contributed by atoms with van der Waals surface area (Å²) in [6, 6.07) is 5.78. The molecular formula is C16H23N3O2. The molecular weight excluding hydrogens is 266 g/mol. The Hall–Kier alpha value is -1.88. The largest absolute Gasteiger partial charge is 0.484 e. The maximum Gasteiger partial charge on any atom is 0.174 e. The molecule has 1 N–H and O–H groups in total. The number of pyridine rings is 1. The number of ether oxygens (including phenoxy) is 1. The van der Waals surface area contributed by atoms with E-state index in [0.29, 0.717) is 24.8 Å². The van der Waals surface area contributed by atoms with Crippen molar-refractivity contribution in [3.8, 4) is 5.75 Å². The van der Waals surface area contributed by atoms with Gasteiger partial charge in [-0.05, 0) is 38.4 Å². The van der Waals surface area contributed by atoms with E-state index in [1.165, 1.54) is 0 Å². The maximum absolute atomic E-state index is 5.81.